The summed E-state index contributed by atoms with van der Waals surface area (Å²) in [7, 11) is 0.139. The van der Waals surface area contributed by atoms with Crippen molar-refractivity contribution in [3.05, 3.63) is 24.5 Å². The van der Waals surface area contributed by atoms with E-state index in [-0.39, 0.29) is 38.7 Å². The van der Waals surface area contributed by atoms with Crippen molar-refractivity contribution >= 4 is 16.7 Å². The molecule has 7 heteroatoms. The number of ether oxygens (including phenoxy) is 1. The fourth-order valence-electron chi connectivity index (χ4n) is 1.06. The summed E-state index contributed by atoms with van der Waals surface area (Å²) in [5.74, 6) is 0.403. The number of nitrogens with zero attached hydrogens (tertiary/aromatic N) is 1. The van der Waals surface area contributed by atoms with Crippen LogP contribution in [0.15, 0.2) is 24.5 Å². The molecule has 0 amide bonds. The quantitative estimate of drug-likeness (QED) is 0.526. The molecule has 1 aliphatic heterocycles. The molecule has 1 radical (unpaired) electrons. The molecule has 1 aromatic rings. The SMILES string of the molecule is C[C@H]1COC(=O)C1.C[S-](=O)=O.Cn1cccc1.[Y]. The number of carbonyl (C=O) groups excluding carboxylic acids is 1. The van der Waals surface area contributed by atoms with Crippen molar-refractivity contribution in [1.82, 2.24) is 4.57 Å². The number of aromatic nitrogens is 1. The van der Waals surface area contributed by atoms with Gasteiger partial charge in [0.25, 0.3) is 0 Å². The van der Waals surface area contributed by atoms with Crippen molar-refractivity contribution < 1.29 is 50.7 Å². The second-order valence-electron chi connectivity index (χ2n) is 3.74. The van der Waals surface area contributed by atoms with Gasteiger partial charge in [-0.25, -0.2) is 0 Å². The summed E-state index contributed by atoms with van der Waals surface area (Å²) in [4.78, 5) is 10.2. The summed E-state index contributed by atoms with van der Waals surface area (Å²) < 4.78 is 24.6. The molecule has 2 heterocycles. The van der Waals surface area contributed by atoms with Crippen molar-refractivity contribution in [2.75, 3.05) is 12.9 Å². The predicted molar refractivity (Wildman–Crippen MR) is 64.8 cm³/mol. The van der Waals surface area contributed by atoms with E-state index >= 15 is 0 Å². The Balaban J connectivity index is 0. The van der Waals surface area contributed by atoms with Crippen LogP contribution in [0.25, 0.3) is 0 Å². The fourth-order valence-corrected chi connectivity index (χ4v) is 1.06. The van der Waals surface area contributed by atoms with Gasteiger partial charge in [0.15, 0.2) is 0 Å². The van der Waals surface area contributed by atoms with Crippen molar-refractivity contribution in [1.29, 1.82) is 0 Å². The summed E-state index contributed by atoms with van der Waals surface area (Å²) in [6.07, 6.45) is 5.69. The van der Waals surface area contributed by atoms with E-state index < -0.39 is 10.7 Å². The van der Waals surface area contributed by atoms with Crippen LogP contribution >= 0.6 is 0 Å². The standard InChI is InChI=1S/C5H7N.C5H8O2.CH3O2S.Y/c1-6-4-2-3-5-6;1-4-2-5(6)7-3-4;1-4(2)3;/h2-5H,1H3;4H,2-3H2,1H3;1H3;/q;;-1;/t;4-;;/m.1../s1. The first kappa shape index (κ1) is 20.1. The van der Waals surface area contributed by atoms with Crippen LogP contribution in [0.2, 0.25) is 0 Å². The average molecular weight is 349 g/mol. The largest absolute Gasteiger partial charge is 0.465 e. The summed E-state index contributed by atoms with van der Waals surface area (Å²) >= 11 is 0. The van der Waals surface area contributed by atoms with Crippen LogP contribution < -0.4 is 0 Å². The molecule has 5 nitrogen and oxygen atoms in total. The maximum absolute atomic E-state index is 10.2. The molecular formula is C11H18NO4SY-. The van der Waals surface area contributed by atoms with E-state index in [1.54, 1.807) is 0 Å². The van der Waals surface area contributed by atoms with Crippen LogP contribution in [-0.2, 0) is 68.4 Å². The van der Waals surface area contributed by atoms with E-state index in [4.69, 9.17) is 8.42 Å². The zero-order valence-corrected chi connectivity index (χ0v) is 14.5. The smallest absolute Gasteiger partial charge is 0.306 e. The van der Waals surface area contributed by atoms with Crippen LogP contribution in [0.4, 0.5) is 0 Å². The number of carbonyl (C=O) groups is 1. The van der Waals surface area contributed by atoms with Gasteiger partial charge in [0.05, 0.1) is 13.0 Å². The second kappa shape index (κ2) is 11.9. The van der Waals surface area contributed by atoms with Gasteiger partial charge in [0.1, 0.15) is 0 Å². The number of cyclic esters (lactones) is 1. The number of aryl methyl sites for hydroxylation is 1. The third kappa shape index (κ3) is 13.9. The maximum atomic E-state index is 10.2. The van der Waals surface area contributed by atoms with E-state index in [9.17, 15) is 4.79 Å². The molecule has 1 aromatic heterocycles. The van der Waals surface area contributed by atoms with Crippen LogP contribution in [0.5, 0.6) is 0 Å². The van der Waals surface area contributed by atoms with Crippen molar-refractivity contribution in [2.45, 2.75) is 13.3 Å². The molecule has 1 aliphatic rings. The molecule has 2 rings (SSSR count). The Morgan fingerprint density at radius 2 is 1.78 bits per heavy atom. The van der Waals surface area contributed by atoms with Gasteiger partial charge < -0.3 is 17.7 Å². The Kier molecular flexibility index (Phi) is 13.3. The van der Waals surface area contributed by atoms with E-state index in [0.717, 1.165) is 6.26 Å². The Bertz CT molecular complexity index is 382. The molecule has 1 saturated heterocycles. The van der Waals surface area contributed by atoms with Crippen molar-refractivity contribution in [3.8, 4) is 0 Å². The molecule has 18 heavy (non-hydrogen) atoms. The molecule has 0 unspecified atom stereocenters. The van der Waals surface area contributed by atoms with Gasteiger partial charge in [0.2, 0.25) is 0 Å². The van der Waals surface area contributed by atoms with Gasteiger partial charge in [-0.15, -0.1) is 0 Å². The molecule has 0 aromatic carbocycles. The van der Waals surface area contributed by atoms with Crippen LogP contribution in [0, 0.1) is 5.92 Å². The van der Waals surface area contributed by atoms with Crippen molar-refractivity contribution in [3.63, 3.8) is 0 Å². The zero-order chi connectivity index (χ0) is 13.3. The van der Waals surface area contributed by atoms with Gasteiger partial charge in [0, 0.05) is 58.1 Å². The van der Waals surface area contributed by atoms with Crippen LogP contribution in [0.1, 0.15) is 13.3 Å². The molecular weight excluding hydrogens is 331 g/mol. The zero-order valence-electron chi connectivity index (χ0n) is 10.9. The third-order valence-electron chi connectivity index (χ3n) is 1.80. The third-order valence-corrected chi connectivity index (χ3v) is 1.80. The van der Waals surface area contributed by atoms with Gasteiger partial charge in [-0.3, -0.25) is 4.79 Å². The van der Waals surface area contributed by atoms with Crippen LogP contribution in [0.3, 0.4) is 0 Å². The first-order valence-electron chi connectivity index (χ1n) is 5.15. The van der Waals surface area contributed by atoms with E-state index in [1.807, 2.05) is 43.1 Å². The number of hydrogen-bond acceptors (Lipinski definition) is 5. The fraction of sp³-hybridized carbons (Fsp3) is 0.545. The predicted octanol–water partition coefficient (Wildman–Crippen LogP) is 1.52. The normalized spacial score (nSPS) is 16.7. The van der Waals surface area contributed by atoms with E-state index in [0.29, 0.717) is 18.9 Å². The van der Waals surface area contributed by atoms with Gasteiger partial charge in [-0.05, 0) is 12.1 Å². The minimum atomic E-state index is -1.86. The molecule has 0 spiro atoms. The molecule has 0 N–H and O–H groups in total. The number of hydrogen-bond donors (Lipinski definition) is 0. The van der Waals surface area contributed by atoms with Crippen molar-refractivity contribution in [2.24, 2.45) is 13.0 Å². The van der Waals surface area contributed by atoms with E-state index in [1.165, 1.54) is 0 Å². The average Bonchev–Trinajstić information content (AvgIpc) is 2.78. The van der Waals surface area contributed by atoms with Gasteiger partial charge in [-0.2, -0.15) is 0 Å². The Hall–Kier alpha value is -0.196. The summed E-state index contributed by atoms with van der Waals surface area (Å²) in [6.45, 7) is 2.63. The number of rotatable bonds is 0. The summed E-state index contributed by atoms with van der Waals surface area (Å²) in [5.41, 5.74) is 0. The van der Waals surface area contributed by atoms with Crippen LogP contribution in [-0.4, -0.2) is 23.4 Å². The molecule has 0 aliphatic carbocycles. The maximum Gasteiger partial charge on any atom is 0.306 e. The molecule has 1 atom stereocenters. The van der Waals surface area contributed by atoms with Gasteiger partial charge in [-0.1, -0.05) is 23.9 Å². The van der Waals surface area contributed by atoms with Gasteiger partial charge >= 0.3 is 5.97 Å². The Morgan fingerprint density at radius 3 is 1.89 bits per heavy atom. The first-order chi connectivity index (χ1) is 7.91. The minimum absolute atomic E-state index is 0. The Labute approximate surface area is 135 Å². The topological polar surface area (TPSA) is 65.4 Å². The minimum Gasteiger partial charge on any atom is -0.465 e. The number of esters is 1. The molecule has 101 valence electrons. The Morgan fingerprint density at radius 1 is 1.33 bits per heavy atom. The molecule has 1 fully saturated rings. The summed E-state index contributed by atoms with van der Waals surface area (Å²) in [6, 6.07) is 4.00. The monoisotopic (exact) mass is 349 g/mol. The summed E-state index contributed by atoms with van der Waals surface area (Å²) in [5, 5.41) is 0. The molecule has 0 bridgehead atoms. The first-order valence-corrected chi connectivity index (χ1v) is 6.63. The molecule has 0 saturated carbocycles. The van der Waals surface area contributed by atoms with E-state index in [2.05, 4.69) is 4.74 Å². The second-order valence-corrected chi connectivity index (χ2v) is 4.54.